The molecule has 1 atom stereocenters. The fourth-order valence-corrected chi connectivity index (χ4v) is 3.50. The molecule has 0 aliphatic carbocycles. The number of halogens is 3. The van der Waals surface area contributed by atoms with E-state index in [9.17, 15) is 18.0 Å². The Labute approximate surface area is 179 Å². The van der Waals surface area contributed by atoms with E-state index < -0.39 is 24.4 Å². The standard InChI is InChI=1S/C21H29F3N4O3/c1-20(2,3)31-18(29)16-8-6-10-27(14-25-16)19-26-15-7-4-5-9-17(15)28(19)11-12-30-13-21(22,23)24/h4-5,7,9,16,25H,6,8,10-14H2,1-3H3. The molecule has 0 bridgehead atoms. The fraction of sp³-hybridized carbons (Fsp3) is 0.619. The molecule has 1 aromatic heterocycles. The highest BCUT2D eigenvalue weighted by molar-refractivity contribution is 5.79. The number of imidazole rings is 1. The minimum atomic E-state index is -4.36. The number of carbonyl (C=O) groups is 1. The quantitative estimate of drug-likeness (QED) is 0.546. The number of carbonyl (C=O) groups excluding carboxylic acids is 1. The van der Waals surface area contributed by atoms with Crippen molar-refractivity contribution in [2.75, 3.05) is 31.3 Å². The summed E-state index contributed by atoms with van der Waals surface area (Å²) in [6.45, 7) is 5.38. The van der Waals surface area contributed by atoms with E-state index in [0.29, 0.717) is 25.6 Å². The lowest BCUT2D eigenvalue weighted by atomic mass is 10.1. The van der Waals surface area contributed by atoms with Crippen molar-refractivity contribution in [3.05, 3.63) is 24.3 Å². The molecule has 172 valence electrons. The van der Waals surface area contributed by atoms with Crippen LogP contribution in [0.3, 0.4) is 0 Å². The summed E-state index contributed by atoms with van der Waals surface area (Å²) in [7, 11) is 0. The molecule has 1 saturated heterocycles. The van der Waals surface area contributed by atoms with Gasteiger partial charge in [0.15, 0.2) is 0 Å². The minimum Gasteiger partial charge on any atom is -0.459 e. The van der Waals surface area contributed by atoms with Crippen LogP contribution in [0.25, 0.3) is 11.0 Å². The lowest BCUT2D eigenvalue weighted by molar-refractivity contribution is -0.174. The topological polar surface area (TPSA) is 68.6 Å². The molecular formula is C21H29F3N4O3. The first kappa shape index (κ1) is 23.3. The molecule has 0 radical (unpaired) electrons. The molecule has 0 saturated carbocycles. The SMILES string of the molecule is CC(C)(C)OC(=O)C1CCCN(c2nc3ccccc3n2CCOCC(F)(F)F)CN1. The summed E-state index contributed by atoms with van der Waals surface area (Å²) in [6.07, 6.45) is -2.99. The number of hydrogen-bond acceptors (Lipinski definition) is 6. The van der Waals surface area contributed by atoms with Crippen LogP contribution in [-0.4, -0.2) is 59.8 Å². The van der Waals surface area contributed by atoms with Crippen LogP contribution in [-0.2, 0) is 20.8 Å². The van der Waals surface area contributed by atoms with E-state index in [1.807, 2.05) is 54.5 Å². The van der Waals surface area contributed by atoms with E-state index in [1.165, 1.54) is 0 Å². The first-order chi connectivity index (χ1) is 14.5. The first-order valence-electron chi connectivity index (χ1n) is 10.3. The molecule has 1 unspecified atom stereocenters. The molecule has 1 aromatic carbocycles. The van der Waals surface area contributed by atoms with Gasteiger partial charge in [0, 0.05) is 13.1 Å². The zero-order valence-electron chi connectivity index (χ0n) is 18.0. The Hall–Kier alpha value is -2.33. The highest BCUT2D eigenvalue weighted by Crippen LogP contribution is 2.24. The summed E-state index contributed by atoms with van der Waals surface area (Å²) < 4.78 is 49.4. The number of alkyl halides is 3. The van der Waals surface area contributed by atoms with Crippen molar-refractivity contribution in [2.24, 2.45) is 0 Å². The summed E-state index contributed by atoms with van der Waals surface area (Å²) in [6, 6.07) is 7.05. The average Bonchev–Trinajstić information content (AvgIpc) is 2.84. The maximum Gasteiger partial charge on any atom is 0.411 e. The van der Waals surface area contributed by atoms with Crippen molar-refractivity contribution in [3.8, 4) is 0 Å². The molecule has 0 amide bonds. The molecule has 0 spiro atoms. The summed E-state index contributed by atoms with van der Waals surface area (Å²) >= 11 is 0. The van der Waals surface area contributed by atoms with Gasteiger partial charge < -0.3 is 18.9 Å². The highest BCUT2D eigenvalue weighted by atomic mass is 19.4. The largest absolute Gasteiger partial charge is 0.459 e. The molecule has 2 heterocycles. The Morgan fingerprint density at radius 3 is 2.71 bits per heavy atom. The van der Waals surface area contributed by atoms with Gasteiger partial charge >= 0.3 is 12.1 Å². The van der Waals surface area contributed by atoms with Crippen molar-refractivity contribution >= 4 is 23.0 Å². The van der Waals surface area contributed by atoms with E-state index >= 15 is 0 Å². The van der Waals surface area contributed by atoms with Gasteiger partial charge in [-0.15, -0.1) is 0 Å². The van der Waals surface area contributed by atoms with Crippen LogP contribution in [0, 0.1) is 0 Å². The van der Waals surface area contributed by atoms with Crippen LogP contribution in [0.2, 0.25) is 0 Å². The molecule has 1 N–H and O–H groups in total. The number of hydrogen-bond donors (Lipinski definition) is 1. The third kappa shape index (κ3) is 6.57. The number of nitrogens with one attached hydrogen (secondary N) is 1. The number of ether oxygens (including phenoxy) is 2. The predicted molar refractivity (Wildman–Crippen MR) is 111 cm³/mol. The number of para-hydroxylation sites is 2. The molecule has 1 aliphatic heterocycles. The predicted octanol–water partition coefficient (Wildman–Crippen LogP) is 3.47. The summed E-state index contributed by atoms with van der Waals surface area (Å²) in [5.74, 6) is 0.345. The highest BCUT2D eigenvalue weighted by Gasteiger charge is 2.29. The molecular weight excluding hydrogens is 413 g/mol. The second-order valence-electron chi connectivity index (χ2n) is 8.57. The Morgan fingerprint density at radius 1 is 1.26 bits per heavy atom. The van der Waals surface area contributed by atoms with Gasteiger partial charge in [0.2, 0.25) is 5.95 Å². The number of anilines is 1. The van der Waals surface area contributed by atoms with Crippen molar-refractivity contribution in [1.82, 2.24) is 14.9 Å². The number of aromatic nitrogens is 2. The van der Waals surface area contributed by atoms with Crippen molar-refractivity contribution in [3.63, 3.8) is 0 Å². The summed E-state index contributed by atoms with van der Waals surface area (Å²) in [5, 5.41) is 3.23. The third-order valence-corrected chi connectivity index (χ3v) is 4.78. The van der Waals surface area contributed by atoms with Crippen molar-refractivity contribution in [2.45, 2.75) is 58.0 Å². The molecule has 10 heteroatoms. The van der Waals surface area contributed by atoms with Gasteiger partial charge in [-0.3, -0.25) is 10.1 Å². The molecule has 1 fully saturated rings. The van der Waals surface area contributed by atoms with E-state index in [1.54, 1.807) is 0 Å². The van der Waals surface area contributed by atoms with Gasteiger partial charge in [0.1, 0.15) is 18.2 Å². The molecule has 2 aromatic rings. The maximum atomic E-state index is 12.4. The van der Waals surface area contributed by atoms with Gasteiger partial charge in [-0.1, -0.05) is 12.1 Å². The number of fused-ring (bicyclic) bond motifs is 1. The Bertz CT molecular complexity index is 892. The Kier molecular flexibility index (Phi) is 7.10. The fourth-order valence-electron chi connectivity index (χ4n) is 3.50. The lowest BCUT2D eigenvalue weighted by Crippen LogP contribution is -2.44. The van der Waals surface area contributed by atoms with Crippen LogP contribution >= 0.6 is 0 Å². The number of rotatable bonds is 6. The second kappa shape index (κ2) is 9.44. The summed E-state index contributed by atoms with van der Waals surface area (Å²) in [5.41, 5.74) is 1.01. The smallest absolute Gasteiger partial charge is 0.411 e. The van der Waals surface area contributed by atoms with Crippen LogP contribution in [0.15, 0.2) is 24.3 Å². The number of nitrogens with zero attached hydrogens (tertiary/aromatic N) is 3. The number of esters is 1. The van der Waals surface area contributed by atoms with Gasteiger partial charge in [-0.05, 0) is 45.7 Å². The lowest BCUT2D eigenvalue weighted by Gasteiger charge is -2.25. The number of benzene rings is 1. The average molecular weight is 442 g/mol. The van der Waals surface area contributed by atoms with E-state index in [-0.39, 0.29) is 19.1 Å². The van der Waals surface area contributed by atoms with Crippen LogP contribution in [0.5, 0.6) is 0 Å². The maximum absolute atomic E-state index is 12.4. The first-order valence-corrected chi connectivity index (χ1v) is 10.3. The van der Waals surface area contributed by atoms with Gasteiger partial charge in [-0.2, -0.15) is 13.2 Å². The van der Waals surface area contributed by atoms with Gasteiger partial charge in [-0.25, -0.2) is 4.98 Å². The van der Waals surface area contributed by atoms with Gasteiger partial charge in [0.25, 0.3) is 0 Å². The van der Waals surface area contributed by atoms with E-state index in [4.69, 9.17) is 9.47 Å². The van der Waals surface area contributed by atoms with Crippen LogP contribution in [0.1, 0.15) is 33.6 Å². The molecule has 1 aliphatic rings. The zero-order chi connectivity index (χ0) is 22.6. The molecule has 31 heavy (non-hydrogen) atoms. The van der Waals surface area contributed by atoms with Gasteiger partial charge in [0.05, 0.1) is 24.3 Å². The monoisotopic (exact) mass is 442 g/mol. The molecule has 7 nitrogen and oxygen atoms in total. The van der Waals surface area contributed by atoms with E-state index in [0.717, 1.165) is 17.5 Å². The Balaban J connectivity index is 1.73. The minimum absolute atomic E-state index is 0.0886. The second-order valence-corrected chi connectivity index (χ2v) is 8.57. The summed E-state index contributed by atoms with van der Waals surface area (Å²) in [4.78, 5) is 19.1. The van der Waals surface area contributed by atoms with Crippen molar-refractivity contribution < 1.29 is 27.4 Å². The third-order valence-electron chi connectivity index (χ3n) is 4.78. The molecule has 3 rings (SSSR count). The van der Waals surface area contributed by atoms with Crippen LogP contribution in [0.4, 0.5) is 19.1 Å². The van der Waals surface area contributed by atoms with Crippen LogP contribution < -0.4 is 10.2 Å². The van der Waals surface area contributed by atoms with E-state index in [2.05, 4.69) is 10.3 Å². The Morgan fingerprint density at radius 2 is 2.00 bits per heavy atom. The van der Waals surface area contributed by atoms with Crippen molar-refractivity contribution in [1.29, 1.82) is 0 Å². The normalized spacial score (nSPS) is 18.3. The zero-order valence-corrected chi connectivity index (χ0v) is 18.0.